The number of hydrogen-bond acceptors (Lipinski definition) is 2. The van der Waals surface area contributed by atoms with E-state index in [1.165, 1.54) is 12.0 Å². The first-order valence-corrected chi connectivity index (χ1v) is 9.81. The van der Waals surface area contributed by atoms with Crippen molar-refractivity contribution in [1.82, 2.24) is 15.5 Å². The highest BCUT2D eigenvalue weighted by atomic mass is 16.2. The molecule has 2 saturated carbocycles. The summed E-state index contributed by atoms with van der Waals surface area (Å²) in [6, 6.07) is 11.5. The molecular weight excluding hydrogens is 324 g/mol. The largest absolute Gasteiger partial charge is 0.354 e. The van der Waals surface area contributed by atoms with Crippen LogP contribution in [0.3, 0.4) is 0 Å². The predicted octanol–water partition coefficient (Wildman–Crippen LogP) is 2.43. The van der Waals surface area contributed by atoms with E-state index in [9.17, 15) is 4.79 Å². The summed E-state index contributed by atoms with van der Waals surface area (Å²) in [6.45, 7) is 0. The second kappa shape index (κ2) is 8.56. The Kier molecular flexibility index (Phi) is 6.17. The lowest BCUT2D eigenvalue weighted by molar-refractivity contribution is -0.134. The molecule has 4 atom stereocenters. The van der Waals surface area contributed by atoms with Crippen LogP contribution < -0.4 is 10.6 Å². The molecule has 0 bridgehead atoms. The quantitative estimate of drug-likeness (QED) is 0.629. The van der Waals surface area contributed by atoms with Gasteiger partial charge in [-0.25, -0.2) is 0 Å². The smallest absolute Gasteiger partial charge is 0.225 e. The predicted molar refractivity (Wildman–Crippen MR) is 106 cm³/mol. The van der Waals surface area contributed by atoms with Gasteiger partial charge in [-0.1, -0.05) is 36.8 Å². The lowest BCUT2D eigenvalue weighted by atomic mass is 9.85. The fourth-order valence-corrected chi connectivity index (χ4v) is 4.02. The van der Waals surface area contributed by atoms with Gasteiger partial charge in [-0.2, -0.15) is 0 Å². The Labute approximate surface area is 157 Å². The molecule has 0 radical (unpaired) electrons. The van der Waals surface area contributed by atoms with Gasteiger partial charge in [0.2, 0.25) is 5.91 Å². The molecule has 2 aliphatic rings. The summed E-state index contributed by atoms with van der Waals surface area (Å²) in [4.78, 5) is 18.4. The van der Waals surface area contributed by atoms with Crippen LogP contribution in [0.25, 0.3) is 0 Å². The molecule has 0 aromatic heterocycles. The Bertz CT molecular complexity index is 628. The van der Waals surface area contributed by atoms with Crippen molar-refractivity contribution in [3.63, 3.8) is 0 Å². The fourth-order valence-electron chi connectivity index (χ4n) is 4.02. The molecule has 26 heavy (non-hydrogen) atoms. The van der Waals surface area contributed by atoms with Crippen molar-refractivity contribution >= 4 is 11.9 Å². The molecule has 2 aliphatic carbocycles. The second-order valence-electron chi connectivity index (χ2n) is 7.95. The highest BCUT2D eigenvalue weighted by molar-refractivity contribution is 5.81. The molecule has 2 fully saturated rings. The molecule has 4 unspecified atom stereocenters. The number of nitrogens with one attached hydrogen (secondary N) is 2. The minimum Gasteiger partial charge on any atom is -0.354 e. The van der Waals surface area contributed by atoms with Gasteiger partial charge in [-0.3, -0.25) is 9.79 Å². The number of rotatable bonds is 5. The van der Waals surface area contributed by atoms with Crippen LogP contribution in [0.2, 0.25) is 0 Å². The second-order valence-corrected chi connectivity index (χ2v) is 7.95. The van der Waals surface area contributed by atoms with Gasteiger partial charge in [0.1, 0.15) is 0 Å². The number of guanidine groups is 1. The normalized spacial score (nSPS) is 28.3. The molecular formula is C21H32N4O. The zero-order chi connectivity index (χ0) is 18.5. The monoisotopic (exact) mass is 356 g/mol. The Morgan fingerprint density at radius 2 is 1.92 bits per heavy atom. The molecule has 2 N–H and O–H groups in total. The zero-order valence-corrected chi connectivity index (χ0v) is 16.2. The van der Waals surface area contributed by atoms with Crippen LogP contribution in [-0.4, -0.2) is 50.0 Å². The number of hydrogen-bond donors (Lipinski definition) is 2. The van der Waals surface area contributed by atoms with E-state index in [-0.39, 0.29) is 11.8 Å². The van der Waals surface area contributed by atoms with Crippen LogP contribution in [0.15, 0.2) is 35.3 Å². The lowest BCUT2D eigenvalue weighted by Crippen LogP contribution is -2.47. The van der Waals surface area contributed by atoms with Crippen LogP contribution in [0, 0.1) is 11.8 Å². The summed E-state index contributed by atoms with van der Waals surface area (Å²) >= 11 is 0. The molecule has 0 heterocycles. The standard InChI is InChI=1S/C21H32N4O/c1-22-21(23-18-11-7-10-16(13-18)20(26)25(2)3)24-19-14-17(19)12-15-8-5-4-6-9-15/h4-6,8-9,16-19H,7,10-14H2,1-3H3,(H2,22,23,24). The van der Waals surface area contributed by atoms with Crippen molar-refractivity contribution in [2.45, 2.75) is 50.6 Å². The van der Waals surface area contributed by atoms with Crippen LogP contribution >= 0.6 is 0 Å². The average Bonchev–Trinajstić information content (AvgIpc) is 3.38. The first-order valence-electron chi connectivity index (χ1n) is 9.81. The topological polar surface area (TPSA) is 56.7 Å². The maximum absolute atomic E-state index is 12.3. The lowest BCUT2D eigenvalue weighted by Gasteiger charge is -2.31. The van der Waals surface area contributed by atoms with E-state index in [4.69, 9.17) is 0 Å². The highest BCUT2D eigenvalue weighted by Gasteiger charge is 2.38. The van der Waals surface area contributed by atoms with Gasteiger partial charge in [0.05, 0.1) is 0 Å². The van der Waals surface area contributed by atoms with E-state index in [2.05, 4.69) is 46.0 Å². The SMILES string of the molecule is CN=C(NC1CCCC(C(=O)N(C)C)C1)NC1CC1Cc1ccccc1. The number of benzene rings is 1. The summed E-state index contributed by atoms with van der Waals surface area (Å²) in [5, 5.41) is 7.12. The van der Waals surface area contributed by atoms with Gasteiger partial charge in [0.15, 0.2) is 5.96 Å². The van der Waals surface area contributed by atoms with E-state index in [1.54, 1.807) is 4.90 Å². The summed E-state index contributed by atoms with van der Waals surface area (Å²) in [5.74, 6) is 1.96. The number of carbonyl (C=O) groups is 1. The van der Waals surface area contributed by atoms with Gasteiger partial charge in [0.25, 0.3) is 0 Å². The third-order valence-electron chi connectivity index (χ3n) is 5.61. The molecule has 3 rings (SSSR count). The minimum absolute atomic E-state index is 0.140. The average molecular weight is 357 g/mol. The van der Waals surface area contributed by atoms with Gasteiger partial charge in [-0.05, 0) is 43.6 Å². The van der Waals surface area contributed by atoms with Gasteiger partial charge < -0.3 is 15.5 Å². The molecule has 1 amide bonds. The minimum atomic E-state index is 0.140. The van der Waals surface area contributed by atoms with E-state index in [0.717, 1.165) is 38.1 Å². The maximum atomic E-state index is 12.3. The van der Waals surface area contributed by atoms with Crippen molar-refractivity contribution in [3.8, 4) is 0 Å². The summed E-state index contributed by atoms with van der Waals surface area (Å²) in [5.41, 5.74) is 1.40. The van der Waals surface area contributed by atoms with Crippen molar-refractivity contribution in [2.24, 2.45) is 16.8 Å². The first-order chi connectivity index (χ1) is 12.6. The number of aliphatic imine (C=N–C) groups is 1. The van der Waals surface area contributed by atoms with E-state index >= 15 is 0 Å². The van der Waals surface area contributed by atoms with Crippen LogP contribution in [0.4, 0.5) is 0 Å². The number of nitrogens with zero attached hydrogens (tertiary/aromatic N) is 2. The van der Waals surface area contributed by atoms with Gasteiger partial charge in [0, 0.05) is 39.1 Å². The summed E-state index contributed by atoms with van der Waals surface area (Å²) in [6.07, 6.45) is 6.42. The number of amides is 1. The van der Waals surface area contributed by atoms with Crippen molar-refractivity contribution < 1.29 is 4.79 Å². The molecule has 1 aromatic carbocycles. The molecule has 0 aliphatic heterocycles. The van der Waals surface area contributed by atoms with E-state index < -0.39 is 0 Å². The molecule has 1 aromatic rings. The van der Waals surface area contributed by atoms with Crippen LogP contribution in [0.5, 0.6) is 0 Å². The molecule has 0 spiro atoms. The zero-order valence-electron chi connectivity index (χ0n) is 16.2. The number of carbonyl (C=O) groups excluding carboxylic acids is 1. The van der Waals surface area contributed by atoms with Crippen molar-refractivity contribution in [1.29, 1.82) is 0 Å². The third-order valence-corrected chi connectivity index (χ3v) is 5.61. The van der Waals surface area contributed by atoms with Crippen LogP contribution in [0.1, 0.15) is 37.7 Å². The Morgan fingerprint density at radius 1 is 1.15 bits per heavy atom. The summed E-state index contributed by atoms with van der Waals surface area (Å²) < 4.78 is 0. The fraction of sp³-hybridized carbons (Fsp3) is 0.619. The third kappa shape index (κ3) is 4.99. The Balaban J connectivity index is 1.46. The molecule has 0 saturated heterocycles. The van der Waals surface area contributed by atoms with Crippen molar-refractivity contribution in [2.75, 3.05) is 21.1 Å². The van der Waals surface area contributed by atoms with Crippen molar-refractivity contribution in [3.05, 3.63) is 35.9 Å². The van der Waals surface area contributed by atoms with Gasteiger partial charge >= 0.3 is 0 Å². The van der Waals surface area contributed by atoms with E-state index in [1.807, 2.05) is 21.1 Å². The first kappa shape index (κ1) is 18.7. The Hall–Kier alpha value is -2.04. The summed E-state index contributed by atoms with van der Waals surface area (Å²) in [7, 11) is 5.52. The van der Waals surface area contributed by atoms with Gasteiger partial charge in [-0.15, -0.1) is 0 Å². The maximum Gasteiger partial charge on any atom is 0.225 e. The van der Waals surface area contributed by atoms with Crippen LogP contribution in [-0.2, 0) is 11.2 Å². The Morgan fingerprint density at radius 3 is 2.62 bits per heavy atom. The molecule has 142 valence electrons. The molecule has 5 heteroatoms. The van der Waals surface area contributed by atoms with E-state index in [0.29, 0.717) is 18.0 Å². The molecule has 5 nitrogen and oxygen atoms in total. The highest BCUT2D eigenvalue weighted by Crippen LogP contribution is 2.33.